The Kier molecular flexibility index (Phi) is 2.60. The standard InChI is InChI=1S/C26H13N3O2/c1-2-6-19-14(4-1)17-12-18-22(13-21(17)30-19)31-20-8-7-15-24-16(5-3-9-27-24)26-28-10-11-29(26)25(15)23(18)20/h1-13H. The van der Waals surface area contributed by atoms with Gasteiger partial charge in [0, 0.05) is 51.6 Å². The molecular formula is C26H13N3O2. The summed E-state index contributed by atoms with van der Waals surface area (Å²) in [6, 6.07) is 20.5. The molecule has 0 amide bonds. The summed E-state index contributed by atoms with van der Waals surface area (Å²) in [6.45, 7) is 0. The first-order chi connectivity index (χ1) is 15.4. The Balaban J connectivity index is 1.68. The largest absolute Gasteiger partial charge is 0.456 e. The van der Waals surface area contributed by atoms with E-state index in [0.29, 0.717) is 0 Å². The zero-order valence-electron chi connectivity index (χ0n) is 16.2. The topological polar surface area (TPSA) is 56.5 Å². The van der Waals surface area contributed by atoms with Gasteiger partial charge in [-0.25, -0.2) is 4.98 Å². The van der Waals surface area contributed by atoms with Crippen molar-refractivity contribution in [3.63, 3.8) is 0 Å². The molecule has 5 nitrogen and oxygen atoms in total. The summed E-state index contributed by atoms with van der Waals surface area (Å²) >= 11 is 0. The second-order valence-electron chi connectivity index (χ2n) is 7.90. The molecule has 5 aromatic heterocycles. The van der Waals surface area contributed by atoms with Crippen LogP contribution in [0.15, 0.2) is 88.1 Å². The Morgan fingerprint density at radius 2 is 1.48 bits per heavy atom. The van der Waals surface area contributed by atoms with Gasteiger partial charge in [0.2, 0.25) is 0 Å². The second-order valence-corrected chi connectivity index (χ2v) is 7.90. The summed E-state index contributed by atoms with van der Waals surface area (Å²) in [6.07, 6.45) is 5.68. The first-order valence-corrected chi connectivity index (χ1v) is 10.2. The normalized spacial score (nSPS) is 12.5. The van der Waals surface area contributed by atoms with E-state index in [9.17, 15) is 0 Å². The molecular weight excluding hydrogens is 386 g/mol. The van der Waals surface area contributed by atoms with Crippen molar-refractivity contribution in [3.05, 3.63) is 79.3 Å². The molecule has 0 fully saturated rings. The average Bonchev–Trinajstić information content (AvgIpc) is 3.52. The van der Waals surface area contributed by atoms with Crippen molar-refractivity contribution in [1.29, 1.82) is 0 Å². The molecule has 144 valence electrons. The maximum Gasteiger partial charge on any atom is 0.146 e. The Morgan fingerprint density at radius 1 is 0.613 bits per heavy atom. The summed E-state index contributed by atoms with van der Waals surface area (Å²) in [5.41, 5.74) is 6.26. The van der Waals surface area contributed by atoms with Crippen molar-refractivity contribution in [1.82, 2.24) is 14.4 Å². The summed E-state index contributed by atoms with van der Waals surface area (Å²) < 4.78 is 14.5. The van der Waals surface area contributed by atoms with Crippen molar-refractivity contribution in [2.45, 2.75) is 0 Å². The van der Waals surface area contributed by atoms with E-state index in [1.165, 1.54) is 0 Å². The Morgan fingerprint density at radius 3 is 2.48 bits per heavy atom. The van der Waals surface area contributed by atoms with Crippen molar-refractivity contribution in [2.24, 2.45) is 0 Å². The fourth-order valence-electron chi connectivity index (χ4n) is 4.99. The molecule has 0 atom stereocenters. The smallest absolute Gasteiger partial charge is 0.146 e. The highest BCUT2D eigenvalue weighted by molar-refractivity contribution is 6.25. The summed E-state index contributed by atoms with van der Waals surface area (Å²) in [5, 5.41) is 6.43. The van der Waals surface area contributed by atoms with E-state index >= 15 is 0 Å². The van der Waals surface area contributed by atoms with Gasteiger partial charge >= 0.3 is 0 Å². The minimum absolute atomic E-state index is 0.809. The van der Waals surface area contributed by atoms with Crippen LogP contribution in [0.3, 0.4) is 0 Å². The molecule has 3 aromatic carbocycles. The van der Waals surface area contributed by atoms with Crippen LogP contribution in [0.2, 0.25) is 0 Å². The Labute approximate surface area is 174 Å². The van der Waals surface area contributed by atoms with E-state index < -0.39 is 0 Å². The molecule has 5 heterocycles. The molecule has 8 rings (SSSR count). The van der Waals surface area contributed by atoms with Crippen molar-refractivity contribution < 1.29 is 8.83 Å². The van der Waals surface area contributed by atoms with Crippen LogP contribution in [0.5, 0.6) is 0 Å². The van der Waals surface area contributed by atoms with Crippen LogP contribution in [0.25, 0.3) is 71.3 Å². The van der Waals surface area contributed by atoms with Gasteiger partial charge in [-0.15, -0.1) is 0 Å². The van der Waals surface area contributed by atoms with Gasteiger partial charge in [0.15, 0.2) is 0 Å². The maximum atomic E-state index is 6.29. The van der Waals surface area contributed by atoms with Crippen molar-refractivity contribution in [3.8, 4) is 0 Å². The van der Waals surface area contributed by atoms with E-state index in [1.54, 1.807) is 0 Å². The number of hydrogen-bond donors (Lipinski definition) is 0. The molecule has 0 aliphatic carbocycles. The highest BCUT2D eigenvalue weighted by Crippen LogP contribution is 2.40. The van der Waals surface area contributed by atoms with Crippen LogP contribution < -0.4 is 0 Å². The first-order valence-electron chi connectivity index (χ1n) is 10.2. The highest BCUT2D eigenvalue weighted by Gasteiger charge is 2.19. The number of hydrogen-bond acceptors (Lipinski definition) is 4. The van der Waals surface area contributed by atoms with E-state index in [2.05, 4.69) is 33.7 Å². The summed E-state index contributed by atoms with van der Waals surface area (Å²) in [7, 11) is 0. The number of pyridine rings is 2. The molecule has 0 saturated carbocycles. The zero-order chi connectivity index (χ0) is 20.1. The first kappa shape index (κ1) is 15.5. The molecule has 0 aliphatic rings. The van der Waals surface area contributed by atoms with Crippen LogP contribution in [0.4, 0.5) is 0 Å². The lowest BCUT2D eigenvalue weighted by Crippen LogP contribution is -1.92. The van der Waals surface area contributed by atoms with Crippen LogP contribution in [0.1, 0.15) is 0 Å². The predicted octanol–water partition coefficient (Wildman–Crippen LogP) is 6.83. The van der Waals surface area contributed by atoms with Gasteiger partial charge < -0.3 is 8.83 Å². The molecule has 0 spiro atoms. The number of fused-ring (bicyclic) bond motifs is 13. The third kappa shape index (κ3) is 1.82. The number of benzene rings is 3. The quantitative estimate of drug-likeness (QED) is 0.262. The van der Waals surface area contributed by atoms with Gasteiger partial charge in [0.1, 0.15) is 28.0 Å². The van der Waals surface area contributed by atoms with Gasteiger partial charge in [-0.3, -0.25) is 9.38 Å². The highest BCUT2D eigenvalue weighted by atomic mass is 16.3. The molecule has 0 N–H and O–H groups in total. The predicted molar refractivity (Wildman–Crippen MR) is 123 cm³/mol. The van der Waals surface area contributed by atoms with E-state index in [-0.39, 0.29) is 0 Å². The average molecular weight is 399 g/mol. The van der Waals surface area contributed by atoms with Gasteiger partial charge in [-0.05, 0) is 36.4 Å². The third-order valence-corrected chi connectivity index (χ3v) is 6.29. The second kappa shape index (κ2) is 5.21. The van der Waals surface area contributed by atoms with Gasteiger partial charge in [0.05, 0.1) is 16.4 Å². The monoisotopic (exact) mass is 399 g/mol. The van der Waals surface area contributed by atoms with Gasteiger partial charge in [-0.2, -0.15) is 0 Å². The number of nitrogens with zero attached hydrogens (tertiary/aromatic N) is 3. The number of imidazole rings is 1. The van der Waals surface area contributed by atoms with Crippen LogP contribution >= 0.6 is 0 Å². The van der Waals surface area contributed by atoms with Crippen LogP contribution in [-0.2, 0) is 0 Å². The van der Waals surface area contributed by atoms with E-state index in [4.69, 9.17) is 13.8 Å². The van der Waals surface area contributed by atoms with Crippen LogP contribution in [0, 0.1) is 0 Å². The van der Waals surface area contributed by atoms with Gasteiger partial charge in [0.25, 0.3) is 0 Å². The summed E-state index contributed by atoms with van der Waals surface area (Å²) in [4.78, 5) is 9.32. The van der Waals surface area contributed by atoms with E-state index in [1.807, 2.05) is 55.0 Å². The zero-order valence-corrected chi connectivity index (χ0v) is 16.2. The molecule has 0 radical (unpaired) electrons. The minimum atomic E-state index is 0.809. The Hall–Kier alpha value is -4.38. The SMILES string of the molecule is c1ccc2c(c1)oc1cc3oc4ccc5c6ncccc6c6nccn6c5c4c3cc12. The lowest BCUT2D eigenvalue weighted by Gasteiger charge is -2.08. The van der Waals surface area contributed by atoms with Crippen molar-refractivity contribution in [2.75, 3.05) is 0 Å². The Bertz CT molecular complexity index is 2010. The molecule has 0 unspecified atom stereocenters. The molecule has 5 heteroatoms. The lowest BCUT2D eigenvalue weighted by molar-refractivity contribution is 0.656. The fraction of sp³-hybridized carbons (Fsp3) is 0. The number of aromatic nitrogens is 3. The number of furan rings is 2. The van der Waals surface area contributed by atoms with Crippen LogP contribution in [-0.4, -0.2) is 14.4 Å². The lowest BCUT2D eigenvalue weighted by atomic mass is 10.0. The van der Waals surface area contributed by atoms with Gasteiger partial charge in [-0.1, -0.05) is 18.2 Å². The van der Waals surface area contributed by atoms with E-state index in [0.717, 1.165) is 71.3 Å². The van der Waals surface area contributed by atoms with Crippen molar-refractivity contribution >= 4 is 71.3 Å². The number of para-hydroxylation sites is 1. The molecule has 31 heavy (non-hydrogen) atoms. The third-order valence-electron chi connectivity index (χ3n) is 6.29. The molecule has 8 aromatic rings. The minimum Gasteiger partial charge on any atom is -0.456 e. The molecule has 0 bridgehead atoms. The summed E-state index contributed by atoms with van der Waals surface area (Å²) in [5.74, 6) is 0. The molecule has 0 saturated heterocycles. The number of rotatable bonds is 0. The fourth-order valence-corrected chi connectivity index (χ4v) is 4.99. The maximum absolute atomic E-state index is 6.29. The molecule has 0 aliphatic heterocycles.